The molecule has 0 saturated heterocycles. The molecule has 0 aliphatic rings. The number of alkyl carbamates (subject to hydrolysis) is 1. The molecule has 0 fully saturated rings. The number of carbonyl (C=O) groups excluding carboxylic acids is 2. The molecule has 1 rings (SSSR count). The van der Waals surface area contributed by atoms with E-state index in [4.69, 9.17) is 4.74 Å². The van der Waals surface area contributed by atoms with Gasteiger partial charge in [0.2, 0.25) is 6.43 Å². The van der Waals surface area contributed by atoms with Crippen molar-refractivity contribution in [1.82, 2.24) is 5.32 Å². The summed E-state index contributed by atoms with van der Waals surface area (Å²) in [6.07, 6.45) is -4.52. The molecule has 0 radical (unpaired) electrons. The minimum absolute atomic E-state index is 0.0186. The van der Waals surface area contributed by atoms with Crippen molar-refractivity contribution in [2.45, 2.75) is 25.5 Å². The van der Waals surface area contributed by atoms with Crippen LogP contribution < -0.4 is 5.32 Å². The number of carbonyl (C=O) groups is 2. The first-order valence-electron chi connectivity index (χ1n) is 5.86. The van der Waals surface area contributed by atoms with E-state index in [1.165, 1.54) is 0 Å². The zero-order valence-electron chi connectivity index (χ0n) is 10.8. The number of rotatable bonds is 6. The average molecular weight is 287 g/mol. The zero-order chi connectivity index (χ0) is 15.0. The van der Waals surface area contributed by atoms with Crippen LogP contribution >= 0.6 is 0 Å². The van der Waals surface area contributed by atoms with Gasteiger partial charge in [0, 0.05) is 6.42 Å². The van der Waals surface area contributed by atoms with E-state index in [0.29, 0.717) is 0 Å². The lowest BCUT2D eigenvalue weighted by molar-refractivity contribution is -0.144. The number of esters is 1. The summed E-state index contributed by atoms with van der Waals surface area (Å²) >= 11 is 0. The first-order valence-corrected chi connectivity index (χ1v) is 5.86. The monoisotopic (exact) mass is 287 g/mol. The predicted octanol–water partition coefficient (Wildman–Crippen LogP) is 2.11. The van der Waals surface area contributed by atoms with E-state index >= 15 is 0 Å². The Hall–Kier alpha value is -2.18. The van der Waals surface area contributed by atoms with Crippen LogP contribution in [0.1, 0.15) is 12.0 Å². The van der Waals surface area contributed by atoms with Gasteiger partial charge in [-0.05, 0) is 5.56 Å². The Kier molecular flexibility index (Phi) is 6.42. The molecule has 20 heavy (non-hydrogen) atoms. The van der Waals surface area contributed by atoms with Gasteiger partial charge in [-0.2, -0.15) is 0 Å². The lowest BCUT2D eigenvalue weighted by Gasteiger charge is -2.15. The average Bonchev–Trinajstić information content (AvgIpc) is 2.44. The number of hydrogen-bond acceptors (Lipinski definition) is 4. The smallest absolute Gasteiger partial charge is 0.408 e. The van der Waals surface area contributed by atoms with E-state index in [1.54, 1.807) is 30.3 Å². The summed E-state index contributed by atoms with van der Waals surface area (Å²) in [7, 11) is 1.05. The van der Waals surface area contributed by atoms with Crippen molar-refractivity contribution < 1.29 is 27.8 Å². The van der Waals surface area contributed by atoms with E-state index < -0.39 is 31.0 Å². The number of alkyl halides is 2. The van der Waals surface area contributed by atoms with Crippen LogP contribution in [-0.4, -0.2) is 31.6 Å². The lowest BCUT2D eigenvalue weighted by Crippen LogP contribution is -2.42. The molecule has 0 bridgehead atoms. The van der Waals surface area contributed by atoms with Crippen molar-refractivity contribution in [3.05, 3.63) is 35.9 Å². The van der Waals surface area contributed by atoms with Crippen LogP contribution in [0.3, 0.4) is 0 Å². The Morgan fingerprint density at radius 3 is 2.45 bits per heavy atom. The van der Waals surface area contributed by atoms with E-state index in [2.05, 4.69) is 10.1 Å². The van der Waals surface area contributed by atoms with Gasteiger partial charge in [-0.25, -0.2) is 18.4 Å². The number of amides is 1. The highest BCUT2D eigenvalue weighted by molar-refractivity contribution is 5.81. The van der Waals surface area contributed by atoms with E-state index in [-0.39, 0.29) is 6.61 Å². The van der Waals surface area contributed by atoms with Gasteiger partial charge in [0.25, 0.3) is 0 Å². The molecular weight excluding hydrogens is 272 g/mol. The fourth-order valence-corrected chi connectivity index (χ4v) is 1.44. The molecule has 110 valence electrons. The third-order valence-corrected chi connectivity index (χ3v) is 2.40. The Labute approximate surface area is 114 Å². The van der Waals surface area contributed by atoms with Crippen molar-refractivity contribution in [3.63, 3.8) is 0 Å². The van der Waals surface area contributed by atoms with Crippen LogP contribution in [-0.2, 0) is 20.9 Å². The normalized spacial score (nSPS) is 11.8. The first-order chi connectivity index (χ1) is 9.52. The highest BCUT2D eigenvalue weighted by atomic mass is 19.3. The number of benzene rings is 1. The lowest BCUT2D eigenvalue weighted by atomic mass is 10.2. The summed E-state index contributed by atoms with van der Waals surface area (Å²) in [6, 6.07) is 7.40. The van der Waals surface area contributed by atoms with Crippen LogP contribution in [0, 0.1) is 0 Å². The molecule has 1 aromatic carbocycles. The van der Waals surface area contributed by atoms with E-state index in [9.17, 15) is 18.4 Å². The van der Waals surface area contributed by atoms with Crippen LogP contribution in [0.4, 0.5) is 13.6 Å². The topological polar surface area (TPSA) is 64.6 Å². The SMILES string of the molecule is COC(=O)C(CC(F)F)NC(=O)OCc1ccccc1. The van der Waals surface area contributed by atoms with Gasteiger partial charge in [0.05, 0.1) is 7.11 Å². The second-order valence-electron chi connectivity index (χ2n) is 3.91. The molecule has 0 aromatic heterocycles. The van der Waals surface area contributed by atoms with Gasteiger partial charge in [0.15, 0.2) is 0 Å². The van der Waals surface area contributed by atoms with E-state index in [0.717, 1.165) is 12.7 Å². The maximum absolute atomic E-state index is 12.3. The van der Waals surface area contributed by atoms with Crippen LogP contribution in [0.5, 0.6) is 0 Å². The second-order valence-corrected chi connectivity index (χ2v) is 3.91. The van der Waals surface area contributed by atoms with Gasteiger partial charge in [-0.1, -0.05) is 30.3 Å². The predicted molar refractivity (Wildman–Crippen MR) is 66.2 cm³/mol. The molecule has 7 heteroatoms. The van der Waals surface area contributed by atoms with Gasteiger partial charge in [-0.15, -0.1) is 0 Å². The summed E-state index contributed by atoms with van der Waals surface area (Å²) in [5.41, 5.74) is 0.742. The fourth-order valence-electron chi connectivity index (χ4n) is 1.44. The van der Waals surface area contributed by atoms with Crippen molar-refractivity contribution in [1.29, 1.82) is 0 Å². The van der Waals surface area contributed by atoms with E-state index in [1.807, 2.05) is 0 Å². The molecule has 0 saturated carbocycles. The molecule has 5 nitrogen and oxygen atoms in total. The van der Waals surface area contributed by atoms with Crippen LogP contribution in [0.2, 0.25) is 0 Å². The van der Waals surface area contributed by atoms with Crippen LogP contribution in [0.25, 0.3) is 0 Å². The molecular formula is C13H15F2NO4. The first kappa shape index (κ1) is 15.9. The van der Waals surface area contributed by atoms with Crippen molar-refractivity contribution in [3.8, 4) is 0 Å². The highest BCUT2D eigenvalue weighted by Crippen LogP contribution is 2.06. The minimum Gasteiger partial charge on any atom is -0.467 e. The summed E-state index contributed by atoms with van der Waals surface area (Å²) in [4.78, 5) is 22.7. The highest BCUT2D eigenvalue weighted by Gasteiger charge is 2.25. The largest absolute Gasteiger partial charge is 0.467 e. The van der Waals surface area contributed by atoms with Gasteiger partial charge >= 0.3 is 12.1 Å². The van der Waals surface area contributed by atoms with Crippen molar-refractivity contribution in [2.75, 3.05) is 7.11 Å². The van der Waals surface area contributed by atoms with Gasteiger partial charge < -0.3 is 14.8 Å². The molecule has 0 heterocycles. The molecule has 1 amide bonds. The zero-order valence-corrected chi connectivity index (χ0v) is 10.8. The standard InChI is InChI=1S/C13H15F2NO4/c1-19-12(17)10(7-11(14)15)16-13(18)20-8-9-5-3-2-4-6-9/h2-6,10-11H,7-8H2,1H3,(H,16,18). The molecule has 1 aromatic rings. The Morgan fingerprint density at radius 1 is 1.25 bits per heavy atom. The second kappa shape index (κ2) is 8.08. The molecule has 1 N–H and O–H groups in total. The van der Waals surface area contributed by atoms with Gasteiger partial charge in [0.1, 0.15) is 12.6 Å². The molecule has 0 spiro atoms. The number of ether oxygens (including phenoxy) is 2. The summed E-state index contributed by atoms with van der Waals surface area (Å²) in [5, 5.41) is 2.05. The number of hydrogen-bond donors (Lipinski definition) is 1. The third-order valence-electron chi connectivity index (χ3n) is 2.40. The summed E-state index contributed by atoms with van der Waals surface area (Å²) in [6.45, 7) is -0.0186. The van der Waals surface area contributed by atoms with Crippen LogP contribution in [0.15, 0.2) is 30.3 Å². The maximum atomic E-state index is 12.3. The molecule has 1 unspecified atom stereocenters. The number of methoxy groups -OCH3 is 1. The number of halogens is 2. The Bertz CT molecular complexity index is 439. The Morgan fingerprint density at radius 2 is 1.90 bits per heavy atom. The van der Waals surface area contributed by atoms with Gasteiger partial charge in [-0.3, -0.25) is 0 Å². The van der Waals surface area contributed by atoms with Crippen molar-refractivity contribution >= 4 is 12.1 Å². The Balaban J connectivity index is 2.47. The minimum atomic E-state index is -2.74. The summed E-state index contributed by atoms with van der Waals surface area (Å²) < 4.78 is 33.7. The molecule has 0 aliphatic carbocycles. The molecule has 1 atom stereocenters. The summed E-state index contributed by atoms with van der Waals surface area (Å²) in [5.74, 6) is -0.943. The third kappa shape index (κ3) is 5.64. The quantitative estimate of drug-likeness (QED) is 0.814. The maximum Gasteiger partial charge on any atom is 0.408 e. The van der Waals surface area contributed by atoms with Crippen molar-refractivity contribution in [2.24, 2.45) is 0 Å². The fraction of sp³-hybridized carbons (Fsp3) is 0.385. The number of nitrogens with one attached hydrogen (secondary N) is 1. The molecule has 0 aliphatic heterocycles.